The van der Waals surface area contributed by atoms with Crippen LogP contribution >= 0.6 is 0 Å². The Kier molecular flexibility index (Phi) is 4.38. The molecule has 0 aromatic heterocycles. The van der Waals surface area contributed by atoms with Crippen LogP contribution in [0.2, 0.25) is 0 Å². The topological polar surface area (TPSA) is 105 Å². The zero-order valence-corrected chi connectivity index (χ0v) is 12.9. The minimum atomic E-state index is -3.50. The molecule has 1 saturated heterocycles. The molecule has 1 atom stereocenters. The Bertz CT molecular complexity index is 645. The molecule has 0 bridgehead atoms. The van der Waals surface area contributed by atoms with Crippen LogP contribution < -0.4 is 15.8 Å². The number of rotatable bonds is 4. The van der Waals surface area contributed by atoms with Gasteiger partial charge < -0.3 is 16.0 Å². The summed E-state index contributed by atoms with van der Waals surface area (Å²) in [5.74, 6) is 0.136. The summed E-state index contributed by atoms with van der Waals surface area (Å²) in [5.41, 5.74) is 6.96. The molecule has 21 heavy (non-hydrogen) atoms. The molecular formula is C13H20N4O3S. The van der Waals surface area contributed by atoms with Crippen LogP contribution in [0, 0.1) is 0 Å². The molecule has 1 amide bonds. The van der Waals surface area contributed by atoms with Gasteiger partial charge >= 0.3 is 0 Å². The van der Waals surface area contributed by atoms with Crippen LogP contribution in [0.15, 0.2) is 23.1 Å². The van der Waals surface area contributed by atoms with E-state index in [1.54, 1.807) is 18.0 Å². The van der Waals surface area contributed by atoms with Gasteiger partial charge in [0.1, 0.15) is 0 Å². The van der Waals surface area contributed by atoms with Crippen LogP contribution in [0.4, 0.5) is 11.4 Å². The van der Waals surface area contributed by atoms with Gasteiger partial charge in [0.15, 0.2) is 0 Å². The lowest BCUT2D eigenvalue weighted by atomic mass is 10.1. The minimum Gasteiger partial charge on any atom is -0.397 e. The van der Waals surface area contributed by atoms with E-state index in [1.807, 2.05) is 0 Å². The standard InChI is InChI=1S/C13H20N4O3S/c1-15-21(19,20)10-4-5-12(11(14)7-10)16-9-3-6-13(18)17(2)8-9/h4-5,7,9,15-16H,3,6,8,14H2,1-2H3. The predicted octanol–water partition coefficient (Wildman–Crippen LogP) is 0.210. The molecule has 2 rings (SSSR count). The summed E-state index contributed by atoms with van der Waals surface area (Å²) in [6, 6.07) is 4.69. The average molecular weight is 312 g/mol. The Balaban J connectivity index is 2.13. The number of likely N-dealkylation sites (tertiary alicyclic amines) is 1. The molecule has 1 heterocycles. The van der Waals surface area contributed by atoms with Crippen molar-refractivity contribution < 1.29 is 13.2 Å². The van der Waals surface area contributed by atoms with E-state index < -0.39 is 10.0 Å². The fourth-order valence-electron chi connectivity index (χ4n) is 2.31. The summed E-state index contributed by atoms with van der Waals surface area (Å²) in [7, 11) is -0.378. The van der Waals surface area contributed by atoms with E-state index in [4.69, 9.17) is 5.73 Å². The van der Waals surface area contributed by atoms with Crippen molar-refractivity contribution in [2.75, 3.05) is 31.7 Å². The number of anilines is 2. The lowest BCUT2D eigenvalue weighted by Gasteiger charge is -2.31. The Morgan fingerprint density at radius 2 is 2.10 bits per heavy atom. The van der Waals surface area contributed by atoms with E-state index in [9.17, 15) is 13.2 Å². The zero-order chi connectivity index (χ0) is 15.6. The third-order valence-corrected chi connectivity index (χ3v) is 5.00. The molecule has 1 unspecified atom stereocenters. The summed E-state index contributed by atoms with van der Waals surface area (Å²) in [6.45, 7) is 0.606. The van der Waals surface area contributed by atoms with Crippen molar-refractivity contribution in [3.8, 4) is 0 Å². The second kappa shape index (κ2) is 5.90. The van der Waals surface area contributed by atoms with Crippen LogP contribution in [-0.2, 0) is 14.8 Å². The maximum absolute atomic E-state index is 11.7. The molecule has 1 aliphatic heterocycles. The molecule has 0 aliphatic carbocycles. The van der Waals surface area contributed by atoms with E-state index in [0.717, 1.165) is 6.42 Å². The number of nitrogens with two attached hydrogens (primary N) is 1. The van der Waals surface area contributed by atoms with Gasteiger partial charge in [0.25, 0.3) is 0 Å². The molecule has 1 fully saturated rings. The number of nitrogens with zero attached hydrogens (tertiary/aromatic N) is 1. The number of hydrogen-bond acceptors (Lipinski definition) is 5. The van der Waals surface area contributed by atoms with Crippen LogP contribution in [0.25, 0.3) is 0 Å². The Labute approximate surface area is 124 Å². The van der Waals surface area contributed by atoms with Gasteiger partial charge in [-0.2, -0.15) is 0 Å². The number of carbonyl (C=O) groups excluding carboxylic acids is 1. The summed E-state index contributed by atoms with van der Waals surface area (Å²) < 4.78 is 25.7. The molecule has 116 valence electrons. The fourth-order valence-corrected chi connectivity index (χ4v) is 3.07. The first-order chi connectivity index (χ1) is 9.83. The van der Waals surface area contributed by atoms with E-state index in [2.05, 4.69) is 10.0 Å². The van der Waals surface area contributed by atoms with Crippen molar-refractivity contribution >= 4 is 27.3 Å². The highest BCUT2D eigenvalue weighted by molar-refractivity contribution is 7.89. The monoisotopic (exact) mass is 312 g/mol. The zero-order valence-electron chi connectivity index (χ0n) is 12.1. The highest BCUT2D eigenvalue weighted by atomic mass is 32.2. The number of sulfonamides is 1. The van der Waals surface area contributed by atoms with E-state index in [0.29, 0.717) is 24.3 Å². The molecule has 8 heteroatoms. The average Bonchev–Trinajstić information content (AvgIpc) is 2.45. The summed E-state index contributed by atoms with van der Waals surface area (Å²) in [6.07, 6.45) is 1.24. The molecule has 0 spiro atoms. The van der Waals surface area contributed by atoms with Crippen LogP contribution in [0.3, 0.4) is 0 Å². The first-order valence-electron chi connectivity index (χ1n) is 6.67. The number of nitrogen functional groups attached to an aromatic ring is 1. The second-order valence-corrected chi connectivity index (χ2v) is 7.00. The van der Waals surface area contributed by atoms with Crippen molar-refractivity contribution in [3.63, 3.8) is 0 Å². The number of likely N-dealkylation sites (N-methyl/N-ethyl adjacent to an activating group) is 1. The Hall–Kier alpha value is -1.80. The van der Waals surface area contributed by atoms with Crippen molar-refractivity contribution in [3.05, 3.63) is 18.2 Å². The number of benzene rings is 1. The molecule has 7 nitrogen and oxygen atoms in total. The third-order valence-electron chi connectivity index (χ3n) is 3.59. The molecule has 0 saturated carbocycles. The van der Waals surface area contributed by atoms with Crippen molar-refractivity contribution in [1.82, 2.24) is 9.62 Å². The molecule has 1 aromatic rings. The minimum absolute atomic E-state index is 0.113. The van der Waals surface area contributed by atoms with Gasteiger partial charge in [-0.25, -0.2) is 13.1 Å². The second-order valence-electron chi connectivity index (χ2n) is 5.11. The van der Waals surface area contributed by atoms with E-state index in [1.165, 1.54) is 19.2 Å². The van der Waals surface area contributed by atoms with E-state index >= 15 is 0 Å². The van der Waals surface area contributed by atoms with Gasteiger partial charge in [-0.15, -0.1) is 0 Å². The van der Waals surface area contributed by atoms with Crippen molar-refractivity contribution in [2.24, 2.45) is 0 Å². The number of hydrogen-bond donors (Lipinski definition) is 3. The summed E-state index contributed by atoms with van der Waals surface area (Å²) >= 11 is 0. The maximum atomic E-state index is 11.7. The summed E-state index contributed by atoms with van der Waals surface area (Å²) in [4.78, 5) is 13.3. The van der Waals surface area contributed by atoms with Crippen LogP contribution in [-0.4, -0.2) is 45.9 Å². The lowest BCUT2D eigenvalue weighted by molar-refractivity contribution is -0.132. The number of nitrogens with one attached hydrogen (secondary N) is 2. The Morgan fingerprint density at radius 3 is 2.67 bits per heavy atom. The largest absolute Gasteiger partial charge is 0.397 e. The predicted molar refractivity (Wildman–Crippen MR) is 81.4 cm³/mol. The quantitative estimate of drug-likeness (QED) is 0.689. The summed E-state index contributed by atoms with van der Waals surface area (Å²) in [5, 5.41) is 3.26. The smallest absolute Gasteiger partial charge is 0.240 e. The molecular weight excluding hydrogens is 292 g/mol. The highest BCUT2D eigenvalue weighted by Gasteiger charge is 2.23. The first kappa shape index (κ1) is 15.6. The molecule has 0 radical (unpaired) electrons. The number of piperidine rings is 1. The molecule has 4 N–H and O–H groups in total. The van der Waals surface area contributed by atoms with Gasteiger partial charge in [0.05, 0.1) is 16.3 Å². The molecule has 1 aliphatic rings. The van der Waals surface area contributed by atoms with Gasteiger partial charge in [0.2, 0.25) is 15.9 Å². The van der Waals surface area contributed by atoms with Crippen molar-refractivity contribution in [2.45, 2.75) is 23.8 Å². The normalized spacial score (nSPS) is 19.6. The SMILES string of the molecule is CNS(=O)(=O)c1ccc(NC2CCC(=O)N(C)C2)c(N)c1. The first-order valence-corrected chi connectivity index (χ1v) is 8.15. The third kappa shape index (κ3) is 3.45. The highest BCUT2D eigenvalue weighted by Crippen LogP contribution is 2.25. The fraction of sp³-hybridized carbons (Fsp3) is 0.462. The number of amides is 1. The molecule has 1 aromatic carbocycles. The van der Waals surface area contributed by atoms with Crippen LogP contribution in [0.1, 0.15) is 12.8 Å². The van der Waals surface area contributed by atoms with Crippen molar-refractivity contribution in [1.29, 1.82) is 0 Å². The van der Waals surface area contributed by atoms with Gasteiger partial charge in [0, 0.05) is 26.1 Å². The maximum Gasteiger partial charge on any atom is 0.240 e. The van der Waals surface area contributed by atoms with Gasteiger partial charge in [-0.05, 0) is 31.7 Å². The number of carbonyl (C=O) groups is 1. The Morgan fingerprint density at radius 1 is 1.38 bits per heavy atom. The van der Waals surface area contributed by atoms with Gasteiger partial charge in [-0.3, -0.25) is 4.79 Å². The van der Waals surface area contributed by atoms with E-state index in [-0.39, 0.29) is 16.8 Å². The van der Waals surface area contributed by atoms with Crippen LogP contribution in [0.5, 0.6) is 0 Å². The lowest BCUT2D eigenvalue weighted by Crippen LogP contribution is -2.43. The van der Waals surface area contributed by atoms with Gasteiger partial charge in [-0.1, -0.05) is 0 Å².